The monoisotopic (exact) mass is 838 g/mol. The standard InChI is InChI=1S/C27H28N4O7.C15H14N2O6/c1-35-24-14-19(2-7-23(24)38-26-8-5-21(16-28-26)31(33)34)4-9-27(32)30-12-10-29(11-13-30)17-20-3-6-22-25(15-20)37-18-36-22;1-22-13-8-10(3-7-15(18)19)2-5-12(13)23-14-6-4-11(9-16-14)17(20)21/h2-3,5-8,14-16H,4,9-13,17-18H2,1H3;2,4-6,8-9H,3,7H2,1H3,(H,18,19). The zero-order valence-electron chi connectivity index (χ0n) is 33.3. The van der Waals surface area contributed by atoms with Crippen molar-refractivity contribution in [1.82, 2.24) is 19.8 Å². The van der Waals surface area contributed by atoms with Crippen LogP contribution in [0.15, 0.2) is 91.3 Å². The summed E-state index contributed by atoms with van der Waals surface area (Å²) in [6.45, 7) is 4.10. The SMILES string of the molecule is COc1cc(CCC(=O)N2CCN(Cc3ccc4c(c3)OCO4)CC2)ccc1Oc1ccc([N+](=O)[O-])cn1.COc1cc(CCC(=O)O)ccc1Oc1ccc([N+](=O)[O-])cn1. The van der Waals surface area contributed by atoms with Gasteiger partial charge in [-0.3, -0.25) is 34.7 Å². The lowest BCUT2D eigenvalue weighted by molar-refractivity contribution is -0.385. The Hall–Kier alpha value is -7.54. The molecule has 3 aromatic carbocycles. The molecule has 61 heavy (non-hydrogen) atoms. The molecule has 0 atom stereocenters. The van der Waals surface area contributed by atoms with E-state index in [1.807, 2.05) is 29.2 Å². The Balaban J connectivity index is 0.000000232. The number of rotatable bonds is 16. The van der Waals surface area contributed by atoms with Gasteiger partial charge in [0, 0.05) is 69.8 Å². The number of benzene rings is 3. The average molecular weight is 839 g/mol. The number of hydrogen-bond donors (Lipinski definition) is 1. The molecule has 0 radical (unpaired) electrons. The van der Waals surface area contributed by atoms with Crippen molar-refractivity contribution in [3.8, 4) is 46.3 Å². The first-order valence-corrected chi connectivity index (χ1v) is 19.0. The van der Waals surface area contributed by atoms with E-state index in [0.717, 1.165) is 54.7 Å². The fourth-order valence-electron chi connectivity index (χ4n) is 6.32. The molecule has 0 saturated carbocycles. The number of nitrogens with zero attached hydrogens (tertiary/aromatic N) is 6. The maximum absolute atomic E-state index is 12.9. The quantitative estimate of drug-likeness (QED) is 0.0815. The van der Waals surface area contributed by atoms with E-state index in [-0.39, 0.29) is 42.3 Å². The summed E-state index contributed by atoms with van der Waals surface area (Å²) in [6, 6.07) is 21.9. The first kappa shape index (κ1) is 43.0. The highest BCUT2D eigenvalue weighted by molar-refractivity contribution is 5.76. The van der Waals surface area contributed by atoms with Gasteiger partial charge in [0.15, 0.2) is 34.5 Å². The van der Waals surface area contributed by atoms with E-state index in [1.165, 1.54) is 44.0 Å². The molecule has 5 aromatic rings. The minimum atomic E-state index is -0.876. The molecule has 2 aliphatic rings. The average Bonchev–Trinajstić information content (AvgIpc) is 3.74. The number of hydrogen-bond acceptors (Lipinski definition) is 15. The molecule has 0 unspecified atom stereocenters. The van der Waals surface area contributed by atoms with Crippen molar-refractivity contribution in [2.75, 3.05) is 47.2 Å². The van der Waals surface area contributed by atoms with Gasteiger partial charge in [-0.15, -0.1) is 0 Å². The Morgan fingerprint density at radius 3 is 1.69 bits per heavy atom. The number of carbonyl (C=O) groups is 2. The molecule has 1 fully saturated rings. The fourth-order valence-corrected chi connectivity index (χ4v) is 6.32. The van der Waals surface area contributed by atoms with Crippen LogP contribution in [0.4, 0.5) is 11.4 Å². The topological polar surface area (TPSA) is 228 Å². The zero-order chi connectivity index (χ0) is 43.3. The predicted molar refractivity (Wildman–Crippen MR) is 217 cm³/mol. The van der Waals surface area contributed by atoms with Crippen molar-refractivity contribution in [1.29, 1.82) is 0 Å². The van der Waals surface area contributed by atoms with Crippen LogP contribution >= 0.6 is 0 Å². The normalized spacial score (nSPS) is 13.0. The van der Waals surface area contributed by atoms with Crippen LogP contribution in [0.5, 0.6) is 46.3 Å². The number of aryl methyl sites for hydroxylation is 2. The number of amides is 1. The number of pyridine rings is 2. The van der Waals surface area contributed by atoms with Crippen LogP contribution in [0.2, 0.25) is 0 Å². The number of methoxy groups -OCH3 is 2. The van der Waals surface area contributed by atoms with Crippen LogP contribution in [0.25, 0.3) is 0 Å². The number of piperazine rings is 1. The van der Waals surface area contributed by atoms with Crippen LogP contribution in [0.3, 0.4) is 0 Å². The van der Waals surface area contributed by atoms with E-state index < -0.39 is 15.8 Å². The first-order valence-electron chi connectivity index (χ1n) is 19.0. The smallest absolute Gasteiger partial charge is 0.303 e. The van der Waals surface area contributed by atoms with Gasteiger partial charge in [-0.2, -0.15) is 0 Å². The van der Waals surface area contributed by atoms with Gasteiger partial charge in [-0.25, -0.2) is 9.97 Å². The summed E-state index contributed by atoms with van der Waals surface area (Å²) in [5.74, 6) is 2.96. The molecular weight excluding hydrogens is 796 g/mol. The van der Waals surface area contributed by atoms with Crippen LogP contribution < -0.4 is 28.4 Å². The maximum Gasteiger partial charge on any atom is 0.303 e. The van der Waals surface area contributed by atoms with Crippen LogP contribution in [-0.2, 0) is 29.0 Å². The highest BCUT2D eigenvalue weighted by Gasteiger charge is 2.22. The summed E-state index contributed by atoms with van der Waals surface area (Å²) in [4.78, 5) is 55.9. The number of nitro groups is 2. The highest BCUT2D eigenvalue weighted by atomic mass is 16.7. The molecule has 1 amide bonds. The van der Waals surface area contributed by atoms with Crippen molar-refractivity contribution in [2.45, 2.75) is 32.2 Å². The fraction of sp³-hybridized carbons (Fsp3) is 0.286. The van der Waals surface area contributed by atoms with Gasteiger partial charge in [-0.05, 0) is 65.9 Å². The van der Waals surface area contributed by atoms with Crippen molar-refractivity contribution in [2.24, 2.45) is 0 Å². The van der Waals surface area contributed by atoms with Gasteiger partial charge in [0.2, 0.25) is 24.5 Å². The third-order valence-corrected chi connectivity index (χ3v) is 9.57. The molecule has 4 heterocycles. The Bertz CT molecular complexity index is 2340. The third kappa shape index (κ3) is 12.0. The molecule has 19 heteroatoms. The van der Waals surface area contributed by atoms with Gasteiger partial charge in [0.25, 0.3) is 11.4 Å². The molecule has 7 rings (SSSR count). The summed E-state index contributed by atoms with van der Waals surface area (Å²) in [6.07, 6.45) is 3.61. The number of carbonyl (C=O) groups excluding carboxylic acids is 1. The third-order valence-electron chi connectivity index (χ3n) is 9.57. The van der Waals surface area contributed by atoms with Gasteiger partial charge in [-0.1, -0.05) is 18.2 Å². The van der Waals surface area contributed by atoms with Crippen molar-refractivity contribution in [3.05, 3.63) is 128 Å². The van der Waals surface area contributed by atoms with E-state index in [0.29, 0.717) is 55.4 Å². The van der Waals surface area contributed by atoms with Crippen molar-refractivity contribution in [3.63, 3.8) is 0 Å². The zero-order valence-corrected chi connectivity index (χ0v) is 33.3. The Kier molecular flexibility index (Phi) is 14.4. The van der Waals surface area contributed by atoms with Crippen molar-refractivity contribution >= 4 is 23.3 Å². The highest BCUT2D eigenvalue weighted by Crippen LogP contribution is 2.35. The lowest BCUT2D eigenvalue weighted by atomic mass is 10.1. The van der Waals surface area contributed by atoms with Gasteiger partial charge >= 0.3 is 5.97 Å². The lowest BCUT2D eigenvalue weighted by Crippen LogP contribution is -2.48. The summed E-state index contributed by atoms with van der Waals surface area (Å²) in [5.41, 5.74) is 2.66. The molecule has 0 aliphatic carbocycles. The summed E-state index contributed by atoms with van der Waals surface area (Å²) in [7, 11) is 3.00. The van der Waals surface area contributed by atoms with Gasteiger partial charge in [0.05, 0.1) is 24.1 Å². The number of ether oxygens (including phenoxy) is 6. The van der Waals surface area contributed by atoms with Gasteiger partial charge < -0.3 is 38.4 Å². The number of carboxylic acid groups (broad SMARTS) is 1. The minimum absolute atomic E-state index is 0.0211. The predicted octanol–water partition coefficient (Wildman–Crippen LogP) is 6.60. The molecule has 19 nitrogen and oxygen atoms in total. The molecule has 2 aliphatic heterocycles. The minimum Gasteiger partial charge on any atom is -0.493 e. The molecule has 2 aromatic heterocycles. The van der Waals surface area contributed by atoms with Crippen LogP contribution in [-0.4, -0.2) is 93.8 Å². The molecule has 318 valence electrons. The maximum atomic E-state index is 12.9. The summed E-state index contributed by atoms with van der Waals surface area (Å²) in [5, 5.41) is 30.1. The van der Waals surface area contributed by atoms with Gasteiger partial charge in [0.1, 0.15) is 12.4 Å². The van der Waals surface area contributed by atoms with E-state index >= 15 is 0 Å². The first-order chi connectivity index (χ1) is 29.5. The molecular formula is C42H42N6O13. The van der Waals surface area contributed by atoms with Crippen molar-refractivity contribution < 1.29 is 53.0 Å². The molecule has 1 saturated heterocycles. The number of fused-ring (bicyclic) bond motifs is 1. The Morgan fingerprint density at radius 2 is 1.20 bits per heavy atom. The van der Waals surface area contributed by atoms with Crippen LogP contribution in [0, 0.1) is 20.2 Å². The van der Waals surface area contributed by atoms with Crippen LogP contribution in [0.1, 0.15) is 29.5 Å². The summed E-state index contributed by atoms with van der Waals surface area (Å²) < 4.78 is 32.8. The Morgan fingerprint density at radius 1 is 0.672 bits per heavy atom. The number of carboxylic acids is 1. The molecule has 0 spiro atoms. The number of aromatic nitrogens is 2. The lowest BCUT2D eigenvalue weighted by Gasteiger charge is -2.35. The Labute approximate surface area is 349 Å². The van der Waals surface area contributed by atoms with E-state index in [9.17, 15) is 29.8 Å². The second kappa shape index (κ2) is 20.4. The second-order valence-corrected chi connectivity index (χ2v) is 13.6. The van der Waals surface area contributed by atoms with E-state index in [2.05, 4.69) is 20.9 Å². The largest absolute Gasteiger partial charge is 0.493 e. The molecule has 0 bridgehead atoms. The molecule has 1 N–H and O–H groups in total. The summed E-state index contributed by atoms with van der Waals surface area (Å²) >= 11 is 0. The van der Waals surface area contributed by atoms with E-state index in [1.54, 1.807) is 24.3 Å². The second-order valence-electron chi connectivity index (χ2n) is 13.6. The number of aliphatic carboxylic acids is 1. The van der Waals surface area contributed by atoms with E-state index in [4.69, 9.17) is 33.5 Å².